The zero-order valence-corrected chi connectivity index (χ0v) is 13.5. The van der Waals surface area contributed by atoms with Crippen molar-refractivity contribution in [2.45, 2.75) is 18.9 Å². The molecule has 1 aliphatic rings. The first-order chi connectivity index (χ1) is 10.4. The quantitative estimate of drug-likeness (QED) is 0.781. The number of nitrogens with two attached hydrogens (primary N) is 1. The number of carbonyl (C=O) groups excluding carboxylic acids is 2. The van der Waals surface area contributed by atoms with Crippen molar-refractivity contribution >= 4 is 40.8 Å². The predicted octanol–water partition coefficient (Wildman–Crippen LogP) is 2.06. The molecular formula is C14H18Cl2N4O2. The number of carbonyl (C=O) groups is 2. The molecule has 1 aliphatic heterocycles. The van der Waals surface area contributed by atoms with Crippen LogP contribution in [0.4, 0.5) is 10.5 Å². The van der Waals surface area contributed by atoms with Crippen molar-refractivity contribution in [3.8, 4) is 0 Å². The molecule has 6 nitrogen and oxygen atoms in total. The molecule has 2 rings (SSSR count). The molecule has 1 aromatic rings. The largest absolute Gasteiger partial charge is 0.369 e. The lowest BCUT2D eigenvalue weighted by Gasteiger charge is -2.31. The first-order valence-electron chi connectivity index (χ1n) is 6.97. The van der Waals surface area contributed by atoms with Gasteiger partial charge in [0.25, 0.3) is 0 Å². The predicted molar refractivity (Wildman–Crippen MR) is 87.3 cm³/mol. The Bertz CT molecular complexity index is 560. The lowest BCUT2D eigenvalue weighted by Crippen LogP contribution is -2.47. The third-order valence-corrected chi connectivity index (χ3v) is 4.22. The summed E-state index contributed by atoms with van der Waals surface area (Å²) in [5.41, 5.74) is 5.75. The number of benzene rings is 1. The van der Waals surface area contributed by atoms with Crippen LogP contribution in [-0.4, -0.2) is 42.5 Å². The number of urea groups is 1. The fourth-order valence-electron chi connectivity index (χ4n) is 2.38. The van der Waals surface area contributed by atoms with Crippen molar-refractivity contribution in [2.24, 2.45) is 5.73 Å². The topological polar surface area (TPSA) is 87.5 Å². The summed E-state index contributed by atoms with van der Waals surface area (Å²) in [5, 5.41) is 6.45. The second-order valence-corrected chi connectivity index (χ2v) is 6.06. The summed E-state index contributed by atoms with van der Waals surface area (Å²) in [6.07, 6.45) is 1.56. The summed E-state index contributed by atoms with van der Waals surface area (Å²) in [5.74, 6) is -0.330. The molecule has 120 valence electrons. The van der Waals surface area contributed by atoms with E-state index in [0.717, 1.165) is 25.9 Å². The SMILES string of the molecule is NC(=O)CN1CCC(NC(=O)Nc2ccc(Cl)c(Cl)c2)CC1. The Kier molecular flexibility index (Phi) is 5.88. The van der Waals surface area contributed by atoms with E-state index in [9.17, 15) is 9.59 Å². The van der Waals surface area contributed by atoms with E-state index >= 15 is 0 Å². The van der Waals surface area contributed by atoms with Gasteiger partial charge in [-0.3, -0.25) is 9.69 Å². The van der Waals surface area contributed by atoms with E-state index in [2.05, 4.69) is 10.6 Å². The van der Waals surface area contributed by atoms with Crippen LogP contribution in [0.1, 0.15) is 12.8 Å². The summed E-state index contributed by atoms with van der Waals surface area (Å²) < 4.78 is 0. The first kappa shape index (κ1) is 16.9. The molecule has 0 spiro atoms. The minimum Gasteiger partial charge on any atom is -0.369 e. The molecule has 0 aromatic heterocycles. The van der Waals surface area contributed by atoms with Gasteiger partial charge in [0, 0.05) is 24.8 Å². The van der Waals surface area contributed by atoms with Crippen LogP contribution in [-0.2, 0) is 4.79 Å². The highest BCUT2D eigenvalue weighted by Gasteiger charge is 2.21. The first-order valence-corrected chi connectivity index (χ1v) is 7.73. The summed E-state index contributed by atoms with van der Waals surface area (Å²) in [4.78, 5) is 24.8. The molecule has 8 heteroatoms. The van der Waals surface area contributed by atoms with Crippen molar-refractivity contribution in [1.29, 1.82) is 0 Å². The average molecular weight is 345 g/mol. The summed E-state index contributed by atoms with van der Waals surface area (Å²) >= 11 is 11.7. The van der Waals surface area contributed by atoms with Crippen LogP contribution >= 0.6 is 23.2 Å². The van der Waals surface area contributed by atoms with Gasteiger partial charge >= 0.3 is 6.03 Å². The number of nitrogens with zero attached hydrogens (tertiary/aromatic N) is 1. The van der Waals surface area contributed by atoms with Gasteiger partial charge in [-0.15, -0.1) is 0 Å². The molecule has 1 heterocycles. The number of likely N-dealkylation sites (tertiary alicyclic amines) is 1. The monoisotopic (exact) mass is 344 g/mol. The number of hydrogen-bond acceptors (Lipinski definition) is 3. The van der Waals surface area contributed by atoms with Crippen molar-refractivity contribution in [3.05, 3.63) is 28.2 Å². The van der Waals surface area contributed by atoms with Gasteiger partial charge in [-0.05, 0) is 31.0 Å². The normalized spacial score (nSPS) is 16.3. The summed E-state index contributed by atoms with van der Waals surface area (Å²) in [6, 6.07) is 4.70. The second kappa shape index (κ2) is 7.67. The third kappa shape index (κ3) is 5.05. The van der Waals surface area contributed by atoms with Crippen molar-refractivity contribution < 1.29 is 9.59 Å². The third-order valence-electron chi connectivity index (χ3n) is 3.48. The smallest absolute Gasteiger partial charge is 0.319 e. The maximum Gasteiger partial charge on any atom is 0.319 e. The molecule has 22 heavy (non-hydrogen) atoms. The van der Waals surface area contributed by atoms with Gasteiger partial charge in [0.15, 0.2) is 0 Å². The lowest BCUT2D eigenvalue weighted by molar-refractivity contribution is -0.119. The average Bonchev–Trinajstić information content (AvgIpc) is 2.44. The molecule has 0 saturated carbocycles. The van der Waals surface area contributed by atoms with Gasteiger partial charge in [0.2, 0.25) is 5.91 Å². The van der Waals surface area contributed by atoms with E-state index in [-0.39, 0.29) is 24.5 Å². The van der Waals surface area contributed by atoms with Gasteiger partial charge in [0.05, 0.1) is 16.6 Å². The van der Waals surface area contributed by atoms with E-state index < -0.39 is 0 Å². The van der Waals surface area contributed by atoms with Crippen LogP contribution in [0.25, 0.3) is 0 Å². The Morgan fingerprint density at radius 1 is 1.23 bits per heavy atom. The zero-order valence-electron chi connectivity index (χ0n) is 11.9. The molecule has 0 aliphatic carbocycles. The maximum atomic E-state index is 12.0. The second-order valence-electron chi connectivity index (χ2n) is 5.24. The van der Waals surface area contributed by atoms with Gasteiger partial charge in [-0.1, -0.05) is 23.2 Å². The summed E-state index contributed by atoms with van der Waals surface area (Å²) in [6.45, 7) is 1.74. The number of rotatable bonds is 4. The Labute approximate surface area is 138 Å². The minimum atomic E-state index is -0.330. The standard InChI is InChI=1S/C14H18Cl2N4O2/c15-11-2-1-10(7-12(11)16)19-14(22)18-9-3-5-20(6-4-9)8-13(17)21/h1-2,7,9H,3-6,8H2,(H2,17,21)(H2,18,19,22). The van der Waals surface area contributed by atoms with Gasteiger partial charge < -0.3 is 16.4 Å². The van der Waals surface area contributed by atoms with Crippen molar-refractivity contribution in [2.75, 3.05) is 25.0 Å². The van der Waals surface area contributed by atoms with E-state index in [1.165, 1.54) is 0 Å². The minimum absolute atomic E-state index is 0.0758. The van der Waals surface area contributed by atoms with Crippen LogP contribution in [0.3, 0.4) is 0 Å². The highest BCUT2D eigenvalue weighted by molar-refractivity contribution is 6.42. The number of primary amides is 1. The molecule has 0 radical (unpaired) electrons. The van der Waals surface area contributed by atoms with Gasteiger partial charge in [-0.2, -0.15) is 0 Å². The Morgan fingerprint density at radius 2 is 1.91 bits per heavy atom. The van der Waals surface area contributed by atoms with Crippen LogP contribution in [0.2, 0.25) is 10.0 Å². The van der Waals surface area contributed by atoms with E-state index in [0.29, 0.717) is 15.7 Å². The van der Waals surface area contributed by atoms with E-state index in [1.807, 2.05) is 4.90 Å². The number of halogens is 2. The van der Waals surface area contributed by atoms with Crippen LogP contribution in [0.15, 0.2) is 18.2 Å². The number of piperidine rings is 1. The highest BCUT2D eigenvalue weighted by atomic mass is 35.5. The number of anilines is 1. The van der Waals surface area contributed by atoms with Crippen LogP contribution in [0, 0.1) is 0 Å². The number of amides is 3. The van der Waals surface area contributed by atoms with Crippen LogP contribution in [0.5, 0.6) is 0 Å². The molecule has 3 amide bonds. The number of hydrogen-bond donors (Lipinski definition) is 3. The molecular weight excluding hydrogens is 327 g/mol. The molecule has 1 fully saturated rings. The molecule has 1 saturated heterocycles. The lowest BCUT2D eigenvalue weighted by atomic mass is 10.1. The molecule has 4 N–H and O–H groups in total. The maximum absolute atomic E-state index is 12.0. The Morgan fingerprint density at radius 3 is 2.50 bits per heavy atom. The molecule has 1 aromatic carbocycles. The van der Waals surface area contributed by atoms with Gasteiger partial charge in [0.1, 0.15) is 0 Å². The molecule has 0 unspecified atom stereocenters. The summed E-state index contributed by atoms with van der Waals surface area (Å²) in [7, 11) is 0. The highest BCUT2D eigenvalue weighted by Crippen LogP contribution is 2.25. The van der Waals surface area contributed by atoms with E-state index in [1.54, 1.807) is 18.2 Å². The number of nitrogens with one attached hydrogen (secondary N) is 2. The van der Waals surface area contributed by atoms with E-state index in [4.69, 9.17) is 28.9 Å². The van der Waals surface area contributed by atoms with Crippen molar-refractivity contribution in [1.82, 2.24) is 10.2 Å². The van der Waals surface area contributed by atoms with Gasteiger partial charge in [-0.25, -0.2) is 4.79 Å². The Balaban J connectivity index is 1.78. The zero-order chi connectivity index (χ0) is 16.1. The molecule has 0 bridgehead atoms. The van der Waals surface area contributed by atoms with Crippen molar-refractivity contribution in [3.63, 3.8) is 0 Å². The molecule has 0 atom stereocenters. The van der Waals surface area contributed by atoms with Crippen LogP contribution < -0.4 is 16.4 Å². The fourth-order valence-corrected chi connectivity index (χ4v) is 2.68. The fraction of sp³-hybridized carbons (Fsp3) is 0.429. The Hall–Kier alpha value is -1.50.